The first-order chi connectivity index (χ1) is 12.0. The number of halogens is 1. The van der Waals surface area contributed by atoms with E-state index in [-0.39, 0.29) is 11.3 Å². The number of methoxy groups -OCH3 is 1. The van der Waals surface area contributed by atoms with Gasteiger partial charge in [-0.25, -0.2) is 9.18 Å². The number of nitrogens with one attached hydrogen (secondary N) is 2. The number of carbonyl (C=O) groups excluding carboxylic acids is 3. The number of hydrogen-bond acceptors (Lipinski definition) is 5. The van der Waals surface area contributed by atoms with Gasteiger partial charge >= 0.3 is 5.97 Å². The molecule has 0 aliphatic heterocycles. The quantitative estimate of drug-likeness (QED) is 0.631. The molecule has 2 aromatic rings. The Balaban J connectivity index is 1.80. The second-order valence-electron chi connectivity index (χ2n) is 4.79. The van der Waals surface area contributed by atoms with Gasteiger partial charge in [-0.3, -0.25) is 20.4 Å². The maximum atomic E-state index is 13.5. The van der Waals surface area contributed by atoms with Crippen molar-refractivity contribution in [2.24, 2.45) is 0 Å². The van der Waals surface area contributed by atoms with Gasteiger partial charge in [-0.15, -0.1) is 0 Å². The SMILES string of the molecule is COc1ccc(C(=O)OCC(=O)NNC(=O)c2ccccc2)cc1F. The number of hydrazine groups is 1. The molecule has 0 radical (unpaired) electrons. The van der Waals surface area contributed by atoms with Crippen molar-refractivity contribution in [1.29, 1.82) is 0 Å². The highest BCUT2D eigenvalue weighted by atomic mass is 19.1. The molecule has 130 valence electrons. The van der Waals surface area contributed by atoms with E-state index in [1.54, 1.807) is 30.3 Å². The van der Waals surface area contributed by atoms with Crippen LogP contribution in [0, 0.1) is 5.82 Å². The minimum absolute atomic E-state index is 0.0158. The lowest BCUT2D eigenvalue weighted by Gasteiger charge is -2.08. The van der Waals surface area contributed by atoms with Crippen molar-refractivity contribution < 1.29 is 28.2 Å². The van der Waals surface area contributed by atoms with Crippen molar-refractivity contribution in [1.82, 2.24) is 10.9 Å². The highest BCUT2D eigenvalue weighted by Gasteiger charge is 2.13. The van der Waals surface area contributed by atoms with Crippen molar-refractivity contribution in [3.05, 3.63) is 65.5 Å². The molecule has 0 saturated carbocycles. The monoisotopic (exact) mass is 346 g/mol. The van der Waals surface area contributed by atoms with Crippen LogP contribution >= 0.6 is 0 Å². The molecule has 7 nitrogen and oxygen atoms in total. The van der Waals surface area contributed by atoms with Gasteiger partial charge in [0.2, 0.25) is 0 Å². The molecule has 0 spiro atoms. The van der Waals surface area contributed by atoms with E-state index in [0.717, 1.165) is 6.07 Å². The van der Waals surface area contributed by atoms with E-state index in [2.05, 4.69) is 10.9 Å². The van der Waals surface area contributed by atoms with Gasteiger partial charge in [-0.1, -0.05) is 18.2 Å². The van der Waals surface area contributed by atoms with Gasteiger partial charge in [-0.05, 0) is 30.3 Å². The molecular formula is C17H15FN2O5. The van der Waals surface area contributed by atoms with Crippen molar-refractivity contribution in [2.45, 2.75) is 0 Å². The van der Waals surface area contributed by atoms with E-state index in [4.69, 9.17) is 9.47 Å². The highest BCUT2D eigenvalue weighted by molar-refractivity contribution is 5.96. The van der Waals surface area contributed by atoms with E-state index in [1.807, 2.05) is 0 Å². The van der Waals surface area contributed by atoms with Crippen LogP contribution in [0.4, 0.5) is 4.39 Å². The van der Waals surface area contributed by atoms with Crippen molar-refractivity contribution >= 4 is 17.8 Å². The van der Waals surface area contributed by atoms with Crippen LogP contribution in [-0.2, 0) is 9.53 Å². The third kappa shape index (κ3) is 5.03. The first-order valence-corrected chi connectivity index (χ1v) is 7.16. The Morgan fingerprint density at radius 2 is 1.72 bits per heavy atom. The predicted molar refractivity (Wildman–Crippen MR) is 85.3 cm³/mol. The molecule has 8 heteroatoms. The normalized spacial score (nSPS) is 9.84. The Morgan fingerprint density at radius 3 is 2.36 bits per heavy atom. The van der Waals surface area contributed by atoms with Crippen LogP contribution < -0.4 is 15.6 Å². The number of hydrogen-bond donors (Lipinski definition) is 2. The standard InChI is InChI=1S/C17H15FN2O5/c1-24-14-8-7-12(9-13(14)18)17(23)25-10-15(21)19-20-16(22)11-5-3-2-4-6-11/h2-9H,10H2,1H3,(H,19,21)(H,20,22). The number of rotatable bonds is 5. The largest absolute Gasteiger partial charge is 0.494 e. The summed E-state index contributed by atoms with van der Waals surface area (Å²) in [5, 5.41) is 0. The lowest BCUT2D eigenvalue weighted by molar-refractivity contribution is -0.125. The summed E-state index contributed by atoms with van der Waals surface area (Å²) in [7, 11) is 1.30. The summed E-state index contributed by atoms with van der Waals surface area (Å²) in [6.45, 7) is -0.637. The number of benzene rings is 2. The fourth-order valence-electron chi connectivity index (χ4n) is 1.83. The maximum Gasteiger partial charge on any atom is 0.338 e. The van der Waals surface area contributed by atoms with Gasteiger partial charge in [0.1, 0.15) is 0 Å². The Hall–Kier alpha value is -3.42. The zero-order valence-corrected chi connectivity index (χ0v) is 13.2. The van der Waals surface area contributed by atoms with Crippen LogP contribution in [-0.4, -0.2) is 31.5 Å². The molecule has 0 bridgehead atoms. The Labute approximate surface area is 142 Å². The summed E-state index contributed by atoms with van der Waals surface area (Å²) in [6, 6.07) is 11.7. The van der Waals surface area contributed by atoms with Crippen LogP contribution in [0.15, 0.2) is 48.5 Å². The molecule has 2 amide bonds. The van der Waals surface area contributed by atoms with Crippen molar-refractivity contribution in [2.75, 3.05) is 13.7 Å². The summed E-state index contributed by atoms with van der Waals surface area (Å²) in [6.07, 6.45) is 0. The molecule has 0 saturated heterocycles. The van der Waals surface area contributed by atoms with Crippen molar-refractivity contribution in [3.63, 3.8) is 0 Å². The van der Waals surface area contributed by atoms with Gasteiger partial charge in [-0.2, -0.15) is 0 Å². The van der Waals surface area contributed by atoms with Crippen LogP contribution in [0.2, 0.25) is 0 Å². The second-order valence-corrected chi connectivity index (χ2v) is 4.79. The molecule has 0 heterocycles. The summed E-state index contributed by atoms with van der Waals surface area (Å²) in [5.74, 6) is -2.88. The van der Waals surface area contributed by atoms with Gasteiger partial charge in [0.15, 0.2) is 18.2 Å². The van der Waals surface area contributed by atoms with E-state index >= 15 is 0 Å². The molecule has 0 unspecified atom stereocenters. The molecule has 0 aliphatic rings. The molecule has 0 atom stereocenters. The Bertz CT molecular complexity index is 780. The first-order valence-electron chi connectivity index (χ1n) is 7.16. The third-order valence-electron chi connectivity index (χ3n) is 3.07. The smallest absolute Gasteiger partial charge is 0.338 e. The summed E-state index contributed by atoms with van der Waals surface area (Å²) in [5.41, 5.74) is 4.57. The Morgan fingerprint density at radius 1 is 1.00 bits per heavy atom. The minimum Gasteiger partial charge on any atom is -0.494 e. The van der Waals surface area contributed by atoms with E-state index in [1.165, 1.54) is 19.2 Å². The van der Waals surface area contributed by atoms with Crippen LogP contribution in [0.3, 0.4) is 0 Å². The Kier molecular flexibility index (Phi) is 6.05. The summed E-state index contributed by atoms with van der Waals surface area (Å²) < 4.78 is 23.0. The second kappa shape index (κ2) is 8.44. The third-order valence-corrected chi connectivity index (χ3v) is 3.07. The molecule has 0 aromatic heterocycles. The highest BCUT2D eigenvalue weighted by Crippen LogP contribution is 2.18. The lowest BCUT2D eigenvalue weighted by atomic mass is 10.2. The van der Waals surface area contributed by atoms with Gasteiger partial charge < -0.3 is 9.47 Å². The van der Waals surface area contributed by atoms with E-state index < -0.39 is 30.2 Å². The topological polar surface area (TPSA) is 93.7 Å². The van der Waals surface area contributed by atoms with Gasteiger partial charge in [0, 0.05) is 5.56 Å². The van der Waals surface area contributed by atoms with Crippen LogP contribution in [0.1, 0.15) is 20.7 Å². The predicted octanol–water partition coefficient (Wildman–Crippen LogP) is 1.45. The molecule has 2 rings (SSSR count). The van der Waals surface area contributed by atoms with E-state index in [9.17, 15) is 18.8 Å². The first kappa shape index (κ1) is 17.9. The minimum atomic E-state index is -0.883. The molecular weight excluding hydrogens is 331 g/mol. The van der Waals surface area contributed by atoms with Crippen LogP contribution in [0.25, 0.3) is 0 Å². The van der Waals surface area contributed by atoms with Gasteiger partial charge in [0.05, 0.1) is 12.7 Å². The lowest BCUT2D eigenvalue weighted by Crippen LogP contribution is -2.43. The van der Waals surface area contributed by atoms with Gasteiger partial charge in [0.25, 0.3) is 11.8 Å². The number of ether oxygens (including phenoxy) is 2. The summed E-state index contributed by atoms with van der Waals surface area (Å²) in [4.78, 5) is 35.1. The fourth-order valence-corrected chi connectivity index (χ4v) is 1.83. The number of esters is 1. The average molecular weight is 346 g/mol. The molecule has 0 fully saturated rings. The zero-order chi connectivity index (χ0) is 18.2. The molecule has 2 N–H and O–H groups in total. The molecule has 0 aliphatic carbocycles. The maximum absolute atomic E-state index is 13.5. The fraction of sp³-hybridized carbons (Fsp3) is 0.118. The summed E-state index contributed by atoms with van der Waals surface area (Å²) >= 11 is 0. The van der Waals surface area contributed by atoms with E-state index in [0.29, 0.717) is 5.56 Å². The molecule has 2 aromatic carbocycles. The zero-order valence-electron chi connectivity index (χ0n) is 13.2. The average Bonchev–Trinajstić information content (AvgIpc) is 2.64. The van der Waals surface area contributed by atoms with Crippen LogP contribution in [0.5, 0.6) is 5.75 Å². The number of carbonyl (C=O) groups is 3. The molecule has 25 heavy (non-hydrogen) atoms. The van der Waals surface area contributed by atoms with Crippen molar-refractivity contribution in [3.8, 4) is 5.75 Å². The number of amides is 2.